The van der Waals surface area contributed by atoms with Crippen molar-refractivity contribution in [2.45, 2.75) is 50.4 Å². The Labute approximate surface area is 257 Å². The van der Waals surface area contributed by atoms with Crippen LogP contribution in [0.25, 0.3) is 0 Å². The molecule has 0 aromatic heterocycles. The van der Waals surface area contributed by atoms with Gasteiger partial charge in [0.05, 0.1) is 16.8 Å². The highest BCUT2D eigenvalue weighted by atomic mass is 127. The number of nitrogens with zero attached hydrogens (tertiary/aromatic N) is 1. The topological polar surface area (TPSA) is 37.4 Å². The van der Waals surface area contributed by atoms with Crippen molar-refractivity contribution in [3.05, 3.63) is 97.4 Å². The highest BCUT2D eigenvalue weighted by Gasteiger charge is 2.73. The van der Waals surface area contributed by atoms with E-state index in [0.717, 1.165) is 51.3 Å². The van der Waals surface area contributed by atoms with Gasteiger partial charge in [0.25, 0.3) is 5.91 Å². The zero-order chi connectivity index (χ0) is 33.6. The zero-order valence-corrected chi connectivity index (χ0v) is 24.9. The summed E-state index contributed by atoms with van der Waals surface area (Å²) in [4.78, 5) is 26.8. The van der Waals surface area contributed by atoms with E-state index >= 15 is 4.39 Å². The smallest absolute Gasteiger partial charge is 0.309 e. The Morgan fingerprint density at radius 1 is 0.841 bits per heavy atom. The molecule has 238 valence electrons. The molecule has 0 aliphatic carbocycles. The number of rotatable bonds is 7. The fourth-order valence-corrected chi connectivity index (χ4v) is 5.14. The van der Waals surface area contributed by atoms with E-state index in [0.29, 0.717) is 0 Å². The number of hydrogen-bond acceptors (Lipinski definition) is 2. The van der Waals surface area contributed by atoms with Gasteiger partial charge in [-0.15, -0.1) is 0 Å². The Morgan fingerprint density at radius 3 is 1.86 bits per heavy atom. The Balaban J connectivity index is 2.04. The molecule has 0 aliphatic heterocycles. The first-order valence-electron chi connectivity index (χ1n) is 12.4. The summed E-state index contributed by atoms with van der Waals surface area (Å²) in [5, 5.41) is 0. The van der Waals surface area contributed by atoms with Crippen LogP contribution in [0.4, 0.5) is 54.0 Å². The summed E-state index contributed by atoms with van der Waals surface area (Å²) in [6.45, 7) is 3.85. The van der Waals surface area contributed by atoms with E-state index in [4.69, 9.17) is 0 Å². The zero-order valence-electron chi connectivity index (χ0n) is 22.8. The van der Waals surface area contributed by atoms with E-state index in [1.54, 1.807) is 12.1 Å². The third kappa shape index (κ3) is 6.71. The second-order valence-corrected chi connectivity index (χ2v) is 11.2. The first-order chi connectivity index (χ1) is 20.0. The molecular weight excluding hydrogens is 730 g/mol. The fourth-order valence-electron chi connectivity index (χ4n) is 4.32. The van der Waals surface area contributed by atoms with Crippen molar-refractivity contribution in [2.24, 2.45) is 0 Å². The average Bonchev–Trinajstić information content (AvgIpc) is 2.90. The number of hydrogen-bond donors (Lipinski definition) is 0. The van der Waals surface area contributed by atoms with Crippen LogP contribution >= 0.6 is 22.6 Å². The summed E-state index contributed by atoms with van der Waals surface area (Å²) in [5.74, 6) is -3.20. The van der Waals surface area contributed by atoms with Crippen LogP contribution in [0.1, 0.15) is 62.7 Å². The van der Waals surface area contributed by atoms with Crippen molar-refractivity contribution in [1.82, 2.24) is 0 Å². The van der Waals surface area contributed by atoms with Crippen LogP contribution in [0.2, 0.25) is 0 Å². The summed E-state index contributed by atoms with van der Waals surface area (Å²) in [6.07, 6.45) is -20.3. The second kappa shape index (κ2) is 12.3. The van der Waals surface area contributed by atoms with Crippen molar-refractivity contribution in [3.63, 3.8) is 0 Å². The molecule has 0 N–H and O–H groups in total. The van der Waals surface area contributed by atoms with Crippen molar-refractivity contribution < 1.29 is 57.9 Å². The van der Waals surface area contributed by atoms with Gasteiger partial charge in [-0.2, -0.15) is 39.5 Å². The van der Waals surface area contributed by atoms with Gasteiger partial charge in [-0.1, -0.05) is 32.0 Å². The molecule has 3 nitrogen and oxygen atoms in total. The maximum atomic E-state index is 15.5. The van der Waals surface area contributed by atoms with Crippen LogP contribution in [0, 0.1) is 9.39 Å². The average molecular weight is 751 g/mol. The molecule has 1 amide bonds. The Hall–Kier alpha value is -3.24. The molecule has 0 heterocycles. The number of halogens is 12. The van der Waals surface area contributed by atoms with E-state index in [-0.39, 0.29) is 17.5 Å². The fraction of sp³-hybridized carbons (Fsp3) is 0.310. The maximum Gasteiger partial charge on any atom is 0.435 e. The lowest BCUT2D eigenvalue weighted by atomic mass is 9.89. The molecule has 3 aromatic carbocycles. The molecule has 0 unspecified atom stereocenters. The molecule has 0 saturated heterocycles. The minimum Gasteiger partial charge on any atom is -0.309 e. The van der Waals surface area contributed by atoms with Crippen molar-refractivity contribution in [3.8, 4) is 0 Å². The van der Waals surface area contributed by atoms with Gasteiger partial charge < -0.3 is 4.90 Å². The number of alkyl halides is 10. The van der Waals surface area contributed by atoms with E-state index in [2.05, 4.69) is 0 Å². The quantitative estimate of drug-likeness (QED) is 0.137. The third-order valence-corrected chi connectivity index (χ3v) is 7.75. The van der Waals surface area contributed by atoms with E-state index in [1.165, 1.54) is 19.2 Å². The third-order valence-electron chi connectivity index (χ3n) is 6.79. The van der Waals surface area contributed by atoms with Crippen LogP contribution in [0.5, 0.6) is 0 Å². The normalized spacial score (nSPS) is 12.9. The van der Waals surface area contributed by atoms with Crippen LogP contribution in [-0.2, 0) is 18.3 Å². The van der Waals surface area contributed by atoms with Gasteiger partial charge in [0.1, 0.15) is 0 Å². The van der Waals surface area contributed by atoms with Gasteiger partial charge in [0.15, 0.2) is 11.6 Å². The first-order valence-corrected chi connectivity index (χ1v) is 13.5. The molecule has 0 fully saturated rings. The number of ketones is 1. The lowest BCUT2D eigenvalue weighted by molar-refractivity contribution is -0.348. The van der Waals surface area contributed by atoms with Crippen LogP contribution in [0.15, 0.2) is 54.6 Å². The lowest BCUT2D eigenvalue weighted by Crippen LogP contribution is -2.50. The SMILES string of the molecule is CC(C)c1ccc(C(=O)N(C)c2cccc(C(=O)Cc3c(I)cc(C(F)(C(F)(F)F)C(F)(F)F)cc3C(F)(F)F)c2F)cc1. The molecule has 0 spiro atoms. The van der Waals surface area contributed by atoms with Crippen molar-refractivity contribution in [2.75, 3.05) is 11.9 Å². The predicted molar refractivity (Wildman–Crippen MR) is 147 cm³/mol. The lowest BCUT2D eigenvalue weighted by Gasteiger charge is -2.31. The Kier molecular flexibility index (Phi) is 9.83. The molecule has 0 radical (unpaired) electrons. The van der Waals surface area contributed by atoms with Gasteiger partial charge in [-0.25, -0.2) is 8.78 Å². The summed E-state index contributed by atoms with van der Waals surface area (Å²) in [7, 11) is 1.18. The maximum absolute atomic E-state index is 15.5. The minimum absolute atomic E-state index is 0.0941. The van der Waals surface area contributed by atoms with Gasteiger partial charge in [-0.3, -0.25) is 9.59 Å². The highest BCUT2D eigenvalue weighted by molar-refractivity contribution is 14.1. The molecular formula is C29H21F11INO2. The number of Topliss-reactive ketones (excluding diaryl/α,β-unsaturated/α-hetero) is 1. The van der Waals surface area contributed by atoms with E-state index in [1.807, 2.05) is 13.8 Å². The molecule has 15 heteroatoms. The van der Waals surface area contributed by atoms with Gasteiger partial charge in [0.2, 0.25) is 0 Å². The molecule has 3 rings (SSSR count). The molecule has 0 saturated carbocycles. The molecule has 0 bridgehead atoms. The number of carbonyl (C=O) groups is 2. The molecule has 3 aromatic rings. The summed E-state index contributed by atoms with van der Waals surface area (Å²) >= 11 is 0.948. The standard InChI is InChI=1S/C29H21F11INO2/c1-14(2)15-7-9-16(10-8-15)25(44)42(3)22-6-4-5-18(24(22)30)23(43)13-19-20(27(32,33)34)11-17(12-21(19)41)26(31,28(35,36)37)29(38,39)40/h4-12,14H,13H2,1-3H3. The number of anilines is 1. The summed E-state index contributed by atoms with van der Waals surface area (Å²) in [5.41, 5.74) is -12.0. The van der Waals surface area contributed by atoms with E-state index in [9.17, 15) is 53.5 Å². The van der Waals surface area contributed by atoms with Crippen LogP contribution in [-0.4, -0.2) is 31.1 Å². The van der Waals surface area contributed by atoms with E-state index < -0.39 is 85.7 Å². The van der Waals surface area contributed by atoms with Crippen LogP contribution < -0.4 is 4.90 Å². The second-order valence-electron chi connectivity index (χ2n) is 10.0. The van der Waals surface area contributed by atoms with Gasteiger partial charge in [-0.05, 0) is 76.0 Å². The summed E-state index contributed by atoms with van der Waals surface area (Å²) < 4.78 is 150. The number of benzene rings is 3. The van der Waals surface area contributed by atoms with Crippen molar-refractivity contribution in [1.29, 1.82) is 0 Å². The van der Waals surface area contributed by atoms with Gasteiger partial charge in [0, 0.05) is 28.2 Å². The number of carbonyl (C=O) groups excluding carboxylic acids is 2. The molecule has 0 atom stereocenters. The Morgan fingerprint density at radius 2 is 1.39 bits per heavy atom. The van der Waals surface area contributed by atoms with Crippen LogP contribution in [0.3, 0.4) is 0 Å². The summed E-state index contributed by atoms with van der Waals surface area (Å²) in [6, 6.07) is 8.72. The molecule has 0 aliphatic rings. The largest absolute Gasteiger partial charge is 0.435 e. The number of amides is 1. The predicted octanol–water partition coefficient (Wildman–Crippen LogP) is 9.56. The molecule has 44 heavy (non-hydrogen) atoms. The van der Waals surface area contributed by atoms with Gasteiger partial charge >= 0.3 is 24.2 Å². The van der Waals surface area contributed by atoms with Crippen molar-refractivity contribution >= 4 is 40.0 Å². The highest BCUT2D eigenvalue weighted by Crippen LogP contribution is 2.54. The Bertz CT molecular complexity index is 1550. The monoisotopic (exact) mass is 751 g/mol. The minimum atomic E-state index is -6.68. The first kappa shape index (κ1) is 35.2.